The summed E-state index contributed by atoms with van der Waals surface area (Å²) < 4.78 is 5.15. The summed E-state index contributed by atoms with van der Waals surface area (Å²) in [5, 5.41) is 1.26. The number of hydrogen-bond donors (Lipinski definition) is 1. The zero-order valence-corrected chi connectivity index (χ0v) is 12.9. The summed E-state index contributed by atoms with van der Waals surface area (Å²) in [5.74, 6) is -0.124. The average Bonchev–Trinajstić information content (AvgIpc) is 2.84. The molecule has 1 aliphatic heterocycles. The van der Waals surface area contributed by atoms with Gasteiger partial charge in [-0.1, -0.05) is 29.8 Å². The highest BCUT2D eigenvalue weighted by Crippen LogP contribution is 2.22. The lowest BCUT2D eigenvalue weighted by Crippen LogP contribution is -2.35. The van der Waals surface area contributed by atoms with Crippen LogP contribution in [0.3, 0.4) is 0 Å². The maximum Gasteiger partial charge on any atom is 0.282 e. The lowest BCUT2D eigenvalue weighted by molar-refractivity contribution is -0.117. The van der Waals surface area contributed by atoms with Crippen LogP contribution in [0.2, 0.25) is 0 Å². The molecule has 0 radical (unpaired) electrons. The first-order valence-electron chi connectivity index (χ1n) is 7.16. The molecule has 0 spiro atoms. The lowest BCUT2D eigenvalue weighted by atomic mass is 10.1. The number of amides is 2. The number of nitrogens with one attached hydrogen (secondary N) is 1. The Morgan fingerprint density at radius 3 is 2.52 bits per heavy atom. The van der Waals surface area contributed by atoms with Crippen LogP contribution in [0.15, 0.2) is 54.1 Å². The van der Waals surface area contributed by atoms with Crippen molar-refractivity contribution < 1.29 is 14.3 Å². The molecule has 2 aromatic rings. The van der Waals surface area contributed by atoms with E-state index in [2.05, 4.69) is 5.43 Å². The Morgan fingerprint density at radius 1 is 1.09 bits per heavy atom. The van der Waals surface area contributed by atoms with Crippen molar-refractivity contribution in [2.24, 2.45) is 0 Å². The molecule has 5 nitrogen and oxygen atoms in total. The zero-order chi connectivity index (χ0) is 16.4. The van der Waals surface area contributed by atoms with Gasteiger partial charge in [-0.15, -0.1) is 0 Å². The van der Waals surface area contributed by atoms with E-state index in [4.69, 9.17) is 4.74 Å². The summed E-state index contributed by atoms with van der Waals surface area (Å²) in [4.78, 5) is 24.6. The maximum absolute atomic E-state index is 12.5. The van der Waals surface area contributed by atoms with E-state index in [0.717, 1.165) is 11.1 Å². The van der Waals surface area contributed by atoms with Gasteiger partial charge >= 0.3 is 0 Å². The zero-order valence-electron chi connectivity index (χ0n) is 12.9. The molecular formula is C18H16N2O3. The van der Waals surface area contributed by atoms with Crippen LogP contribution in [0.25, 0.3) is 6.08 Å². The second kappa shape index (κ2) is 5.96. The van der Waals surface area contributed by atoms with Gasteiger partial charge in [-0.3, -0.25) is 15.0 Å². The summed E-state index contributed by atoms with van der Waals surface area (Å²) in [5.41, 5.74) is 5.12. The number of anilines is 1. The molecule has 0 aromatic heterocycles. The van der Waals surface area contributed by atoms with Crippen LogP contribution in [-0.2, 0) is 9.59 Å². The molecule has 0 unspecified atom stereocenters. The molecule has 0 atom stereocenters. The van der Waals surface area contributed by atoms with Crippen LogP contribution in [0, 0.1) is 6.92 Å². The fraction of sp³-hybridized carbons (Fsp3) is 0.111. The predicted octanol–water partition coefficient (Wildman–Crippen LogP) is 2.47. The minimum Gasteiger partial charge on any atom is -0.497 e. The molecule has 1 heterocycles. The van der Waals surface area contributed by atoms with Gasteiger partial charge in [0, 0.05) is 0 Å². The molecule has 2 amide bonds. The number of rotatable bonds is 3. The first kappa shape index (κ1) is 14.8. The van der Waals surface area contributed by atoms with Gasteiger partial charge in [0.15, 0.2) is 0 Å². The number of methoxy groups -OCH3 is 1. The molecular weight excluding hydrogens is 292 g/mol. The van der Waals surface area contributed by atoms with E-state index < -0.39 is 5.91 Å². The van der Waals surface area contributed by atoms with Crippen molar-refractivity contribution in [2.75, 3.05) is 12.1 Å². The van der Waals surface area contributed by atoms with Crippen LogP contribution in [0.4, 0.5) is 5.69 Å². The Morgan fingerprint density at radius 2 is 1.83 bits per heavy atom. The lowest BCUT2D eigenvalue weighted by Gasteiger charge is -2.14. The molecule has 116 valence electrons. The summed E-state index contributed by atoms with van der Waals surface area (Å²) >= 11 is 0. The fourth-order valence-corrected chi connectivity index (χ4v) is 2.33. The molecule has 5 heteroatoms. The van der Waals surface area contributed by atoms with Gasteiger partial charge < -0.3 is 4.74 Å². The number of carbonyl (C=O) groups is 2. The van der Waals surface area contributed by atoms with Crippen molar-refractivity contribution in [2.45, 2.75) is 6.92 Å². The minimum absolute atomic E-state index is 0.0961. The Balaban J connectivity index is 1.91. The number of hydrogen-bond acceptors (Lipinski definition) is 3. The van der Waals surface area contributed by atoms with Crippen LogP contribution >= 0.6 is 0 Å². The topological polar surface area (TPSA) is 58.6 Å². The highest BCUT2D eigenvalue weighted by molar-refractivity contribution is 6.31. The van der Waals surface area contributed by atoms with Gasteiger partial charge in [-0.05, 0) is 42.8 Å². The number of benzene rings is 2. The van der Waals surface area contributed by atoms with Gasteiger partial charge in [0.25, 0.3) is 11.8 Å². The summed E-state index contributed by atoms with van der Waals surface area (Å²) in [6, 6.07) is 14.5. The molecule has 1 N–H and O–H groups in total. The second-order valence-electron chi connectivity index (χ2n) is 5.25. The first-order valence-corrected chi connectivity index (χ1v) is 7.16. The molecule has 0 saturated carbocycles. The van der Waals surface area contributed by atoms with Crippen LogP contribution in [0.1, 0.15) is 11.1 Å². The summed E-state index contributed by atoms with van der Waals surface area (Å²) in [6.45, 7) is 1.96. The number of nitrogens with zero attached hydrogens (tertiary/aromatic N) is 1. The van der Waals surface area contributed by atoms with Crippen molar-refractivity contribution in [3.63, 3.8) is 0 Å². The molecule has 1 fully saturated rings. The van der Waals surface area contributed by atoms with Gasteiger partial charge in [0.1, 0.15) is 11.3 Å². The van der Waals surface area contributed by atoms with E-state index in [9.17, 15) is 9.59 Å². The van der Waals surface area contributed by atoms with E-state index in [-0.39, 0.29) is 11.5 Å². The standard InChI is InChI=1S/C18H16N2O3/c1-12-6-8-14(9-7-12)20-18(22)16(17(21)19-20)11-13-4-3-5-15(10-13)23-2/h3-11H,1-2H3,(H,19,21). The van der Waals surface area contributed by atoms with Crippen LogP contribution in [0.5, 0.6) is 5.75 Å². The van der Waals surface area contributed by atoms with E-state index in [1.165, 1.54) is 5.01 Å². The molecule has 3 rings (SSSR count). The maximum atomic E-state index is 12.5. The monoisotopic (exact) mass is 308 g/mol. The molecule has 1 saturated heterocycles. The van der Waals surface area contributed by atoms with E-state index in [1.54, 1.807) is 43.5 Å². The van der Waals surface area contributed by atoms with Crippen molar-refractivity contribution in [1.29, 1.82) is 0 Å². The fourth-order valence-electron chi connectivity index (χ4n) is 2.33. The van der Waals surface area contributed by atoms with Crippen molar-refractivity contribution in [1.82, 2.24) is 5.43 Å². The van der Waals surface area contributed by atoms with Crippen molar-refractivity contribution in [3.8, 4) is 5.75 Å². The number of aryl methyl sites for hydroxylation is 1. The Hall–Kier alpha value is -3.08. The Kier molecular flexibility index (Phi) is 3.85. The van der Waals surface area contributed by atoms with E-state index in [1.807, 2.05) is 25.1 Å². The quantitative estimate of drug-likeness (QED) is 0.700. The van der Waals surface area contributed by atoms with Gasteiger partial charge in [0.2, 0.25) is 0 Å². The molecule has 23 heavy (non-hydrogen) atoms. The molecule has 2 aromatic carbocycles. The smallest absolute Gasteiger partial charge is 0.282 e. The second-order valence-corrected chi connectivity index (χ2v) is 5.25. The third-order valence-electron chi connectivity index (χ3n) is 3.59. The highest BCUT2D eigenvalue weighted by atomic mass is 16.5. The van der Waals surface area contributed by atoms with E-state index >= 15 is 0 Å². The third kappa shape index (κ3) is 2.94. The highest BCUT2D eigenvalue weighted by Gasteiger charge is 2.34. The molecule has 0 aliphatic carbocycles. The predicted molar refractivity (Wildman–Crippen MR) is 87.8 cm³/mol. The van der Waals surface area contributed by atoms with Crippen molar-refractivity contribution in [3.05, 3.63) is 65.2 Å². The summed E-state index contributed by atoms with van der Waals surface area (Å²) in [6.07, 6.45) is 1.56. The third-order valence-corrected chi connectivity index (χ3v) is 3.59. The minimum atomic E-state index is -0.418. The SMILES string of the molecule is COc1cccc(C=C2C(=O)NN(c3ccc(C)cc3)C2=O)c1. The van der Waals surface area contributed by atoms with Crippen LogP contribution in [-0.4, -0.2) is 18.9 Å². The number of carbonyl (C=O) groups excluding carboxylic acids is 2. The first-order chi connectivity index (χ1) is 11.1. The Bertz CT molecular complexity index is 794. The van der Waals surface area contributed by atoms with Gasteiger partial charge in [-0.25, -0.2) is 5.01 Å². The summed E-state index contributed by atoms with van der Waals surface area (Å²) in [7, 11) is 1.57. The van der Waals surface area contributed by atoms with Crippen molar-refractivity contribution >= 4 is 23.6 Å². The Labute approximate surface area is 134 Å². The number of hydrazine groups is 1. The molecule has 0 bridgehead atoms. The largest absolute Gasteiger partial charge is 0.497 e. The molecule has 1 aliphatic rings. The van der Waals surface area contributed by atoms with Crippen LogP contribution < -0.4 is 15.2 Å². The average molecular weight is 308 g/mol. The number of ether oxygens (including phenoxy) is 1. The van der Waals surface area contributed by atoms with Gasteiger partial charge in [-0.2, -0.15) is 0 Å². The van der Waals surface area contributed by atoms with Gasteiger partial charge in [0.05, 0.1) is 12.8 Å². The van der Waals surface area contributed by atoms with E-state index in [0.29, 0.717) is 11.4 Å². The normalized spacial score (nSPS) is 15.9.